The number of hydrogen-bond acceptors (Lipinski definition) is 5. The minimum atomic E-state index is -1.51. The highest BCUT2D eigenvalue weighted by Gasteiger charge is 2.20. The second kappa shape index (κ2) is 6.79. The van der Waals surface area contributed by atoms with Crippen LogP contribution in [0.3, 0.4) is 0 Å². The lowest BCUT2D eigenvalue weighted by Crippen LogP contribution is -2.36. The minimum absolute atomic E-state index is 0.164. The molecule has 0 bridgehead atoms. The fraction of sp³-hybridized carbons (Fsp3) is 0.158. The Morgan fingerprint density at radius 3 is 2.31 bits per heavy atom. The van der Waals surface area contributed by atoms with Crippen molar-refractivity contribution in [2.45, 2.75) is 19.9 Å². The van der Waals surface area contributed by atoms with E-state index in [0.29, 0.717) is 5.69 Å². The van der Waals surface area contributed by atoms with Crippen molar-refractivity contribution in [1.29, 1.82) is 0 Å². The molecular weight excluding hydrogens is 334 g/mol. The number of nitrogens with zero attached hydrogens (tertiary/aromatic N) is 2. The van der Waals surface area contributed by atoms with Gasteiger partial charge in [0.2, 0.25) is 5.91 Å². The van der Waals surface area contributed by atoms with Crippen molar-refractivity contribution in [3.05, 3.63) is 70.1 Å². The van der Waals surface area contributed by atoms with Gasteiger partial charge in [0.25, 0.3) is 5.56 Å². The summed E-state index contributed by atoms with van der Waals surface area (Å²) in [5.74, 6) is -2.00. The number of anilines is 1. The van der Waals surface area contributed by atoms with Gasteiger partial charge in [0, 0.05) is 11.1 Å². The van der Waals surface area contributed by atoms with Gasteiger partial charge in [-0.05, 0) is 32.0 Å². The predicted octanol–water partition coefficient (Wildman–Crippen LogP) is 1.27. The van der Waals surface area contributed by atoms with Crippen LogP contribution >= 0.6 is 0 Å². The maximum Gasteiger partial charge on any atom is 0.275 e. The lowest BCUT2D eigenvalue weighted by molar-refractivity contribution is -0.255. The number of aromatic carboxylic acids is 1. The van der Waals surface area contributed by atoms with Crippen molar-refractivity contribution >= 4 is 28.3 Å². The number of aromatic nitrogens is 2. The molecule has 0 saturated heterocycles. The second-order valence-corrected chi connectivity index (χ2v) is 5.96. The number of hydrogen-bond donors (Lipinski definition) is 1. The summed E-state index contributed by atoms with van der Waals surface area (Å²) in [6.45, 7) is 3.40. The van der Waals surface area contributed by atoms with Gasteiger partial charge in [-0.2, -0.15) is 5.10 Å². The highest BCUT2D eigenvalue weighted by molar-refractivity contribution is 6.00. The molecule has 0 spiro atoms. The van der Waals surface area contributed by atoms with Crippen LogP contribution in [-0.4, -0.2) is 21.7 Å². The number of carboxylic acids is 1. The molecule has 3 rings (SSSR count). The molecule has 1 N–H and O–H groups in total. The zero-order valence-electron chi connectivity index (χ0n) is 14.2. The van der Waals surface area contributed by atoms with Gasteiger partial charge in [-0.25, -0.2) is 4.68 Å². The molecule has 7 heteroatoms. The lowest BCUT2D eigenvalue weighted by atomic mass is 10.1. The van der Waals surface area contributed by atoms with Crippen LogP contribution in [0.1, 0.15) is 29.0 Å². The molecule has 0 unspecified atom stereocenters. The molecule has 2 aromatic carbocycles. The van der Waals surface area contributed by atoms with Crippen molar-refractivity contribution in [1.82, 2.24) is 9.78 Å². The molecule has 0 fully saturated rings. The summed E-state index contributed by atoms with van der Waals surface area (Å²) < 4.78 is 0.872. The third kappa shape index (κ3) is 3.19. The molecule has 0 aliphatic rings. The summed E-state index contributed by atoms with van der Waals surface area (Å²) in [7, 11) is 0. The van der Waals surface area contributed by atoms with E-state index < -0.39 is 23.5 Å². The molecule has 26 heavy (non-hydrogen) atoms. The van der Waals surface area contributed by atoms with Gasteiger partial charge in [0.1, 0.15) is 11.7 Å². The standard InChI is InChI=1S/C19H17N3O4/c1-11-7-9-13(10-8-11)20-17(23)12(2)22-18(24)15-6-4-3-5-14(15)16(21-22)19(25)26/h3-10,12H,1-2H3,(H,20,23)(H,25,26)/p-1/t12-/m0/s1. The van der Waals surface area contributed by atoms with Crippen LogP contribution in [0.15, 0.2) is 53.3 Å². The average molecular weight is 350 g/mol. The third-order valence-electron chi connectivity index (χ3n) is 4.09. The van der Waals surface area contributed by atoms with Crippen LogP contribution in [0, 0.1) is 6.92 Å². The Bertz CT molecular complexity index is 1050. The number of rotatable bonds is 4. The summed E-state index contributed by atoms with van der Waals surface area (Å²) in [5, 5.41) is 18.3. The van der Waals surface area contributed by atoms with Gasteiger partial charge in [-0.1, -0.05) is 35.9 Å². The third-order valence-corrected chi connectivity index (χ3v) is 4.09. The number of aryl methyl sites for hydroxylation is 1. The zero-order valence-corrected chi connectivity index (χ0v) is 14.2. The van der Waals surface area contributed by atoms with Gasteiger partial charge in [0.15, 0.2) is 0 Å². The van der Waals surface area contributed by atoms with Crippen molar-refractivity contribution in [2.24, 2.45) is 0 Å². The van der Waals surface area contributed by atoms with E-state index in [1.165, 1.54) is 19.1 Å². The number of benzene rings is 2. The van der Waals surface area contributed by atoms with Crippen LogP contribution in [0.2, 0.25) is 0 Å². The minimum Gasteiger partial charge on any atom is -0.543 e. The fourth-order valence-electron chi connectivity index (χ4n) is 2.61. The maximum absolute atomic E-state index is 12.7. The molecule has 1 heterocycles. The number of carbonyl (C=O) groups excluding carboxylic acids is 2. The largest absolute Gasteiger partial charge is 0.543 e. The van der Waals surface area contributed by atoms with E-state index in [4.69, 9.17) is 0 Å². The summed E-state index contributed by atoms with van der Waals surface area (Å²) >= 11 is 0. The Morgan fingerprint density at radius 2 is 1.69 bits per heavy atom. The molecule has 0 radical (unpaired) electrons. The van der Waals surface area contributed by atoms with Crippen molar-refractivity contribution in [3.8, 4) is 0 Å². The zero-order chi connectivity index (χ0) is 18.8. The molecular formula is C19H16N3O4-. The number of amides is 1. The van der Waals surface area contributed by atoms with E-state index in [9.17, 15) is 19.5 Å². The van der Waals surface area contributed by atoms with E-state index in [-0.39, 0.29) is 16.5 Å². The first-order valence-corrected chi connectivity index (χ1v) is 7.99. The topological polar surface area (TPSA) is 104 Å². The van der Waals surface area contributed by atoms with E-state index in [1.54, 1.807) is 24.3 Å². The highest BCUT2D eigenvalue weighted by Crippen LogP contribution is 2.16. The first-order chi connectivity index (χ1) is 12.4. The Hall–Kier alpha value is -3.48. The Morgan fingerprint density at radius 1 is 1.08 bits per heavy atom. The Balaban J connectivity index is 2.02. The fourth-order valence-corrected chi connectivity index (χ4v) is 2.61. The number of carbonyl (C=O) groups is 2. The highest BCUT2D eigenvalue weighted by atomic mass is 16.4. The van der Waals surface area contributed by atoms with Crippen LogP contribution < -0.4 is 16.0 Å². The van der Waals surface area contributed by atoms with E-state index >= 15 is 0 Å². The Labute approximate surface area is 148 Å². The monoisotopic (exact) mass is 350 g/mol. The summed E-state index contributed by atoms with van der Waals surface area (Å²) in [6.07, 6.45) is 0. The van der Waals surface area contributed by atoms with Gasteiger partial charge < -0.3 is 15.2 Å². The SMILES string of the molecule is Cc1ccc(NC(=O)[C@H](C)n2nc(C(=O)[O-])c3ccccc3c2=O)cc1. The molecule has 3 aromatic rings. The molecule has 1 aromatic heterocycles. The van der Waals surface area contributed by atoms with Gasteiger partial charge in [-0.15, -0.1) is 0 Å². The molecule has 0 aliphatic heterocycles. The first-order valence-electron chi connectivity index (χ1n) is 7.99. The Kier molecular flexibility index (Phi) is 4.53. The summed E-state index contributed by atoms with van der Waals surface area (Å²) in [4.78, 5) is 36.6. The normalized spacial score (nSPS) is 11.9. The van der Waals surface area contributed by atoms with E-state index in [1.807, 2.05) is 19.1 Å². The van der Waals surface area contributed by atoms with Crippen LogP contribution in [0.5, 0.6) is 0 Å². The van der Waals surface area contributed by atoms with Crippen molar-refractivity contribution in [3.63, 3.8) is 0 Å². The van der Waals surface area contributed by atoms with Crippen molar-refractivity contribution in [2.75, 3.05) is 5.32 Å². The smallest absolute Gasteiger partial charge is 0.275 e. The molecule has 0 saturated carbocycles. The van der Waals surface area contributed by atoms with E-state index in [0.717, 1.165) is 10.2 Å². The van der Waals surface area contributed by atoms with Gasteiger partial charge in [0.05, 0.1) is 11.4 Å². The predicted molar refractivity (Wildman–Crippen MR) is 94.9 cm³/mol. The number of carboxylic acid groups (broad SMARTS) is 1. The van der Waals surface area contributed by atoms with Crippen molar-refractivity contribution < 1.29 is 14.7 Å². The maximum atomic E-state index is 12.7. The number of nitrogens with one attached hydrogen (secondary N) is 1. The second-order valence-electron chi connectivity index (χ2n) is 5.96. The lowest BCUT2D eigenvalue weighted by Gasteiger charge is -2.17. The summed E-state index contributed by atoms with van der Waals surface area (Å²) in [6, 6.07) is 12.4. The molecule has 0 aliphatic carbocycles. The molecule has 1 amide bonds. The van der Waals surface area contributed by atoms with Crippen LogP contribution in [0.25, 0.3) is 10.8 Å². The van der Waals surface area contributed by atoms with E-state index in [2.05, 4.69) is 10.4 Å². The van der Waals surface area contributed by atoms with Gasteiger partial charge in [-0.3, -0.25) is 9.59 Å². The number of fused-ring (bicyclic) bond motifs is 1. The van der Waals surface area contributed by atoms with Crippen LogP contribution in [0.4, 0.5) is 5.69 Å². The van der Waals surface area contributed by atoms with Crippen LogP contribution in [-0.2, 0) is 4.79 Å². The quantitative estimate of drug-likeness (QED) is 0.763. The van der Waals surface area contributed by atoms with Gasteiger partial charge >= 0.3 is 0 Å². The molecule has 132 valence electrons. The molecule has 1 atom stereocenters. The average Bonchev–Trinajstić information content (AvgIpc) is 2.63. The summed E-state index contributed by atoms with van der Waals surface area (Å²) in [5.41, 5.74) is 0.691. The first kappa shape index (κ1) is 17.3. The molecule has 7 nitrogen and oxygen atoms in total.